The summed E-state index contributed by atoms with van der Waals surface area (Å²) in [5, 5.41) is 3.17. The summed E-state index contributed by atoms with van der Waals surface area (Å²) in [5.41, 5.74) is 4.86. The van der Waals surface area contributed by atoms with Crippen molar-refractivity contribution in [2.75, 3.05) is 18.1 Å². The molecule has 0 aromatic rings. The van der Waals surface area contributed by atoms with Gasteiger partial charge in [0.1, 0.15) is 0 Å². The van der Waals surface area contributed by atoms with Crippen LogP contribution in [0.3, 0.4) is 0 Å². The third-order valence-corrected chi connectivity index (χ3v) is 3.70. The zero-order valence-electron chi connectivity index (χ0n) is 10.1. The van der Waals surface area contributed by atoms with E-state index in [9.17, 15) is 4.79 Å². The van der Waals surface area contributed by atoms with E-state index in [-0.39, 0.29) is 5.91 Å². The minimum atomic E-state index is -0.526. The largest absolute Gasteiger partial charge is 0.368 e. The highest BCUT2D eigenvalue weighted by molar-refractivity contribution is 7.99. The van der Waals surface area contributed by atoms with E-state index in [1.54, 1.807) is 0 Å². The summed E-state index contributed by atoms with van der Waals surface area (Å²) in [7, 11) is 0. The highest BCUT2D eigenvalue weighted by Crippen LogP contribution is 2.15. The lowest BCUT2D eigenvalue weighted by atomic mass is 9.95. The number of nitrogens with two attached hydrogens (primary N) is 1. The second-order valence-electron chi connectivity index (χ2n) is 3.94. The average molecular weight is 232 g/mol. The number of hydrogen-bond donors (Lipinski definition) is 2. The maximum atomic E-state index is 11.3. The molecule has 4 heteroatoms. The lowest BCUT2D eigenvalue weighted by molar-refractivity contribution is -0.124. The van der Waals surface area contributed by atoms with Crippen LogP contribution in [0.15, 0.2) is 0 Å². The van der Waals surface area contributed by atoms with Gasteiger partial charge in [0.05, 0.1) is 5.54 Å². The van der Waals surface area contributed by atoms with Gasteiger partial charge in [-0.2, -0.15) is 11.8 Å². The molecular formula is C11H24N2OS. The smallest absolute Gasteiger partial charge is 0.237 e. The van der Waals surface area contributed by atoms with Crippen molar-refractivity contribution in [1.82, 2.24) is 5.32 Å². The first-order valence-electron chi connectivity index (χ1n) is 5.69. The second-order valence-corrected chi connectivity index (χ2v) is 5.17. The number of likely N-dealkylation sites (N-methyl/N-ethyl adjacent to an activating group) is 1. The third kappa shape index (κ3) is 6.05. The maximum Gasteiger partial charge on any atom is 0.237 e. The number of primary amides is 1. The molecule has 0 spiro atoms. The number of carbonyl (C=O) groups excluding carboxylic acids is 1. The molecule has 0 aliphatic carbocycles. The van der Waals surface area contributed by atoms with Gasteiger partial charge in [0.2, 0.25) is 5.91 Å². The highest BCUT2D eigenvalue weighted by atomic mass is 32.2. The summed E-state index contributed by atoms with van der Waals surface area (Å²) >= 11 is 1.94. The molecule has 90 valence electrons. The van der Waals surface area contributed by atoms with Crippen molar-refractivity contribution in [2.24, 2.45) is 5.73 Å². The predicted octanol–water partition coefficient (Wildman–Crippen LogP) is 1.76. The first kappa shape index (κ1) is 14.8. The van der Waals surface area contributed by atoms with E-state index in [0.29, 0.717) is 0 Å². The molecule has 0 fully saturated rings. The van der Waals surface area contributed by atoms with Crippen LogP contribution in [0.5, 0.6) is 0 Å². The Morgan fingerprint density at radius 2 is 2.07 bits per heavy atom. The minimum absolute atomic E-state index is 0.246. The zero-order chi connectivity index (χ0) is 11.7. The summed E-state index contributed by atoms with van der Waals surface area (Å²) in [5.74, 6) is 2.07. The molecule has 0 aromatic carbocycles. The Hall–Kier alpha value is -0.220. The van der Waals surface area contributed by atoms with Gasteiger partial charge in [0.25, 0.3) is 0 Å². The number of hydrogen-bond acceptors (Lipinski definition) is 3. The molecule has 1 atom stereocenters. The summed E-state index contributed by atoms with van der Waals surface area (Å²) in [6.45, 7) is 6.84. The van der Waals surface area contributed by atoms with E-state index in [4.69, 9.17) is 5.73 Å². The van der Waals surface area contributed by atoms with Gasteiger partial charge in [-0.3, -0.25) is 4.79 Å². The maximum absolute atomic E-state index is 11.3. The van der Waals surface area contributed by atoms with Crippen molar-refractivity contribution in [3.8, 4) is 0 Å². The van der Waals surface area contributed by atoms with Gasteiger partial charge in [-0.05, 0) is 44.2 Å². The molecule has 1 unspecified atom stereocenters. The molecule has 0 aliphatic rings. The van der Waals surface area contributed by atoms with Crippen molar-refractivity contribution in [3.05, 3.63) is 0 Å². The van der Waals surface area contributed by atoms with Crippen LogP contribution in [0.4, 0.5) is 0 Å². The van der Waals surface area contributed by atoms with Gasteiger partial charge < -0.3 is 11.1 Å². The van der Waals surface area contributed by atoms with Crippen LogP contribution in [-0.2, 0) is 4.79 Å². The predicted molar refractivity (Wildman–Crippen MR) is 68.1 cm³/mol. The molecule has 0 heterocycles. The Morgan fingerprint density at radius 3 is 2.53 bits per heavy atom. The SMILES string of the molecule is CCCSCCCC(C)(NCC)C(N)=O. The fraction of sp³-hybridized carbons (Fsp3) is 0.909. The quantitative estimate of drug-likeness (QED) is 0.596. The van der Waals surface area contributed by atoms with Crippen LogP contribution < -0.4 is 11.1 Å². The van der Waals surface area contributed by atoms with Crippen molar-refractivity contribution in [3.63, 3.8) is 0 Å². The fourth-order valence-electron chi connectivity index (χ4n) is 1.46. The van der Waals surface area contributed by atoms with Crippen molar-refractivity contribution < 1.29 is 4.79 Å². The van der Waals surface area contributed by atoms with Gasteiger partial charge in [0.15, 0.2) is 0 Å². The Kier molecular flexibility index (Phi) is 7.88. The molecule has 0 bridgehead atoms. The van der Waals surface area contributed by atoms with Gasteiger partial charge >= 0.3 is 0 Å². The first-order valence-corrected chi connectivity index (χ1v) is 6.85. The van der Waals surface area contributed by atoms with Gasteiger partial charge in [-0.25, -0.2) is 0 Å². The van der Waals surface area contributed by atoms with Gasteiger partial charge in [-0.15, -0.1) is 0 Å². The summed E-state index contributed by atoms with van der Waals surface area (Å²) in [4.78, 5) is 11.3. The van der Waals surface area contributed by atoms with Crippen LogP contribution in [0.25, 0.3) is 0 Å². The number of carbonyl (C=O) groups is 1. The van der Waals surface area contributed by atoms with Gasteiger partial charge in [-0.1, -0.05) is 13.8 Å². The van der Waals surface area contributed by atoms with Crippen LogP contribution in [-0.4, -0.2) is 29.5 Å². The van der Waals surface area contributed by atoms with Crippen LogP contribution in [0.2, 0.25) is 0 Å². The second kappa shape index (κ2) is 7.99. The van der Waals surface area contributed by atoms with Gasteiger partial charge in [0, 0.05) is 0 Å². The number of rotatable bonds is 9. The number of amides is 1. The molecule has 0 saturated heterocycles. The van der Waals surface area contributed by atoms with Crippen LogP contribution in [0, 0.1) is 0 Å². The van der Waals surface area contributed by atoms with E-state index in [1.807, 2.05) is 25.6 Å². The fourth-order valence-corrected chi connectivity index (χ4v) is 2.30. The Morgan fingerprint density at radius 1 is 1.40 bits per heavy atom. The summed E-state index contributed by atoms with van der Waals surface area (Å²) in [6, 6.07) is 0. The Balaban J connectivity index is 3.81. The van der Waals surface area contributed by atoms with E-state index in [0.717, 1.165) is 25.1 Å². The summed E-state index contributed by atoms with van der Waals surface area (Å²) < 4.78 is 0. The highest BCUT2D eigenvalue weighted by Gasteiger charge is 2.28. The molecular weight excluding hydrogens is 208 g/mol. The lowest BCUT2D eigenvalue weighted by Crippen LogP contribution is -2.53. The summed E-state index contributed by atoms with van der Waals surface area (Å²) in [6.07, 6.45) is 3.08. The molecule has 0 radical (unpaired) electrons. The Labute approximate surface area is 97.6 Å². The molecule has 0 aliphatic heterocycles. The van der Waals surface area contributed by atoms with Crippen LogP contribution >= 0.6 is 11.8 Å². The standard InChI is InChI=1S/C11H24N2OS/c1-4-8-15-9-6-7-11(3,10(12)14)13-5-2/h13H,4-9H2,1-3H3,(H2,12,14). The third-order valence-electron chi connectivity index (χ3n) is 2.42. The molecule has 0 aromatic heterocycles. The topological polar surface area (TPSA) is 55.1 Å². The van der Waals surface area contributed by atoms with Crippen LogP contribution in [0.1, 0.15) is 40.0 Å². The van der Waals surface area contributed by atoms with E-state index in [1.165, 1.54) is 12.2 Å². The number of nitrogens with one attached hydrogen (secondary N) is 1. The normalized spacial score (nSPS) is 14.9. The Bertz CT molecular complexity index is 187. The number of thioether (sulfide) groups is 1. The lowest BCUT2D eigenvalue weighted by Gasteiger charge is -2.26. The zero-order valence-corrected chi connectivity index (χ0v) is 11.0. The van der Waals surface area contributed by atoms with Crippen molar-refractivity contribution in [1.29, 1.82) is 0 Å². The van der Waals surface area contributed by atoms with Crippen molar-refractivity contribution >= 4 is 17.7 Å². The average Bonchev–Trinajstić information content (AvgIpc) is 2.18. The molecule has 0 rings (SSSR count). The van der Waals surface area contributed by atoms with E-state index >= 15 is 0 Å². The van der Waals surface area contributed by atoms with Crippen molar-refractivity contribution in [2.45, 2.75) is 45.6 Å². The molecule has 3 nitrogen and oxygen atoms in total. The minimum Gasteiger partial charge on any atom is -0.368 e. The first-order chi connectivity index (χ1) is 7.06. The molecule has 1 amide bonds. The molecule has 3 N–H and O–H groups in total. The monoisotopic (exact) mass is 232 g/mol. The molecule has 15 heavy (non-hydrogen) atoms. The molecule has 0 saturated carbocycles. The van der Waals surface area contributed by atoms with E-state index < -0.39 is 5.54 Å². The van der Waals surface area contributed by atoms with E-state index in [2.05, 4.69) is 12.2 Å².